The number of nitrogens with zero attached hydrogens (tertiary/aromatic N) is 3. The van der Waals surface area contributed by atoms with Gasteiger partial charge in [0, 0.05) is 56.6 Å². The minimum atomic E-state index is -3.69. The maximum Gasteiger partial charge on any atom is 0.243 e. The van der Waals surface area contributed by atoms with E-state index in [9.17, 15) is 17.6 Å². The number of halogens is 1. The highest BCUT2D eigenvalue weighted by Gasteiger charge is 2.32. The normalized spacial score (nSPS) is 18.7. The SMILES string of the molecule is CCN1CCN(c2ccc(NC(=O)C3CCN(S(=O)(=O)c4ccc(F)cc4)CC3)cc2C)CC1. The Morgan fingerprint density at radius 2 is 1.65 bits per heavy atom. The third-order valence-electron chi connectivity index (χ3n) is 6.90. The lowest BCUT2D eigenvalue weighted by Crippen LogP contribution is -2.46. The van der Waals surface area contributed by atoms with Gasteiger partial charge in [0.2, 0.25) is 15.9 Å². The van der Waals surface area contributed by atoms with E-state index in [0.717, 1.165) is 56.1 Å². The van der Waals surface area contributed by atoms with Crippen LogP contribution in [0.25, 0.3) is 0 Å². The molecule has 2 aliphatic heterocycles. The van der Waals surface area contributed by atoms with Crippen LogP contribution < -0.4 is 10.2 Å². The van der Waals surface area contributed by atoms with E-state index in [1.807, 2.05) is 12.1 Å². The second-order valence-electron chi connectivity index (χ2n) is 9.04. The first-order valence-electron chi connectivity index (χ1n) is 11.9. The first-order valence-corrected chi connectivity index (χ1v) is 13.4. The van der Waals surface area contributed by atoms with Gasteiger partial charge >= 0.3 is 0 Å². The number of sulfonamides is 1. The van der Waals surface area contributed by atoms with Gasteiger partial charge in [0.15, 0.2) is 0 Å². The Labute approximate surface area is 201 Å². The molecule has 2 saturated heterocycles. The average Bonchev–Trinajstić information content (AvgIpc) is 2.84. The minimum absolute atomic E-state index is 0.0727. The number of piperidine rings is 1. The smallest absolute Gasteiger partial charge is 0.243 e. The van der Waals surface area contributed by atoms with Crippen LogP contribution in [-0.2, 0) is 14.8 Å². The number of nitrogens with one attached hydrogen (secondary N) is 1. The zero-order valence-corrected chi connectivity index (χ0v) is 20.7. The van der Waals surface area contributed by atoms with Crippen LogP contribution in [-0.4, -0.2) is 69.3 Å². The lowest BCUT2D eigenvalue weighted by atomic mass is 9.97. The number of hydrogen-bond donors (Lipinski definition) is 1. The van der Waals surface area contributed by atoms with Crippen LogP contribution in [0.3, 0.4) is 0 Å². The first-order chi connectivity index (χ1) is 16.3. The summed E-state index contributed by atoms with van der Waals surface area (Å²) in [5.74, 6) is -0.805. The molecule has 0 saturated carbocycles. The Morgan fingerprint density at radius 1 is 1.00 bits per heavy atom. The number of anilines is 2. The second-order valence-corrected chi connectivity index (χ2v) is 11.0. The molecule has 0 bridgehead atoms. The molecule has 1 amide bonds. The van der Waals surface area contributed by atoms with Crippen molar-refractivity contribution >= 4 is 27.3 Å². The zero-order chi connectivity index (χ0) is 24.3. The molecular weight excluding hydrogens is 455 g/mol. The van der Waals surface area contributed by atoms with Gasteiger partial charge in [-0.1, -0.05) is 6.92 Å². The number of hydrogen-bond acceptors (Lipinski definition) is 5. The summed E-state index contributed by atoms with van der Waals surface area (Å²) in [6, 6.07) is 10.9. The number of aryl methyl sites for hydroxylation is 1. The zero-order valence-electron chi connectivity index (χ0n) is 19.8. The van der Waals surface area contributed by atoms with Crippen LogP contribution in [0.2, 0.25) is 0 Å². The van der Waals surface area contributed by atoms with E-state index < -0.39 is 15.8 Å². The summed E-state index contributed by atoms with van der Waals surface area (Å²) in [4.78, 5) is 17.8. The Bertz CT molecular complexity index is 1110. The van der Waals surface area contributed by atoms with Crippen LogP contribution in [0, 0.1) is 18.7 Å². The topological polar surface area (TPSA) is 73.0 Å². The maximum atomic E-state index is 13.1. The van der Waals surface area contributed by atoms with E-state index in [1.165, 1.54) is 22.1 Å². The minimum Gasteiger partial charge on any atom is -0.369 e. The number of benzene rings is 2. The fraction of sp³-hybridized carbons (Fsp3) is 0.480. The fourth-order valence-electron chi connectivity index (χ4n) is 4.75. The summed E-state index contributed by atoms with van der Waals surface area (Å²) in [6.45, 7) is 9.98. The Kier molecular flexibility index (Phi) is 7.54. The second kappa shape index (κ2) is 10.4. The quantitative estimate of drug-likeness (QED) is 0.676. The van der Waals surface area contributed by atoms with Gasteiger partial charge in [-0.25, -0.2) is 12.8 Å². The van der Waals surface area contributed by atoms with E-state index >= 15 is 0 Å². The molecule has 2 aliphatic rings. The van der Waals surface area contributed by atoms with Gasteiger partial charge in [-0.05, 0) is 74.3 Å². The number of carbonyl (C=O) groups is 1. The number of rotatable bonds is 6. The van der Waals surface area contributed by atoms with Crippen molar-refractivity contribution in [3.63, 3.8) is 0 Å². The summed E-state index contributed by atoms with van der Waals surface area (Å²) in [6.07, 6.45) is 0.899. The summed E-state index contributed by atoms with van der Waals surface area (Å²) >= 11 is 0. The maximum absolute atomic E-state index is 13.1. The number of piperazine rings is 1. The summed E-state index contributed by atoms with van der Waals surface area (Å²) < 4.78 is 40.1. The Morgan fingerprint density at radius 3 is 2.24 bits per heavy atom. The van der Waals surface area contributed by atoms with Crippen molar-refractivity contribution < 1.29 is 17.6 Å². The number of carbonyl (C=O) groups excluding carboxylic acids is 1. The Hall–Kier alpha value is -2.49. The van der Waals surface area contributed by atoms with Crippen molar-refractivity contribution in [1.29, 1.82) is 0 Å². The monoisotopic (exact) mass is 488 g/mol. The predicted octanol–water partition coefficient (Wildman–Crippen LogP) is 3.32. The van der Waals surface area contributed by atoms with E-state index in [2.05, 4.69) is 35.0 Å². The summed E-state index contributed by atoms with van der Waals surface area (Å²) in [5, 5.41) is 3.01. The van der Waals surface area contributed by atoms with Crippen molar-refractivity contribution in [3.8, 4) is 0 Å². The van der Waals surface area contributed by atoms with Crippen molar-refractivity contribution in [2.24, 2.45) is 5.92 Å². The van der Waals surface area contributed by atoms with E-state index in [-0.39, 0.29) is 29.8 Å². The molecule has 2 aromatic rings. The molecule has 1 N–H and O–H groups in total. The Balaban J connectivity index is 1.32. The van der Waals surface area contributed by atoms with E-state index in [4.69, 9.17) is 0 Å². The molecule has 0 unspecified atom stereocenters. The van der Waals surface area contributed by atoms with E-state index in [1.54, 1.807) is 0 Å². The van der Waals surface area contributed by atoms with Gasteiger partial charge in [0.05, 0.1) is 4.90 Å². The first kappa shape index (κ1) is 24.6. The molecule has 0 aromatic heterocycles. The highest BCUT2D eigenvalue weighted by atomic mass is 32.2. The molecule has 184 valence electrons. The van der Waals surface area contributed by atoms with Crippen molar-refractivity contribution in [2.75, 3.05) is 56.0 Å². The van der Waals surface area contributed by atoms with Gasteiger partial charge in [-0.2, -0.15) is 4.31 Å². The third kappa shape index (κ3) is 5.42. The van der Waals surface area contributed by atoms with Crippen LogP contribution in [0.15, 0.2) is 47.4 Å². The van der Waals surface area contributed by atoms with Crippen molar-refractivity contribution in [1.82, 2.24) is 9.21 Å². The standard InChI is InChI=1S/C25H33FN4O3S/c1-3-28-14-16-29(17-15-28)24-9-6-22(18-19(24)2)27-25(31)20-10-12-30(13-11-20)34(32,33)23-7-4-21(26)5-8-23/h4-9,18,20H,3,10-17H2,1-2H3,(H,27,31). The van der Waals surface area contributed by atoms with Crippen LogP contribution in [0.5, 0.6) is 0 Å². The molecule has 9 heteroatoms. The van der Waals surface area contributed by atoms with Crippen molar-refractivity contribution in [2.45, 2.75) is 31.6 Å². The molecule has 7 nitrogen and oxygen atoms in total. The fourth-order valence-corrected chi connectivity index (χ4v) is 6.22. The van der Waals surface area contributed by atoms with Gasteiger partial charge in [0.1, 0.15) is 5.82 Å². The van der Waals surface area contributed by atoms with Crippen LogP contribution in [0.4, 0.5) is 15.8 Å². The highest BCUT2D eigenvalue weighted by Crippen LogP contribution is 2.27. The molecule has 2 aromatic carbocycles. The van der Waals surface area contributed by atoms with Crippen LogP contribution in [0.1, 0.15) is 25.3 Å². The van der Waals surface area contributed by atoms with E-state index in [0.29, 0.717) is 12.8 Å². The molecule has 2 heterocycles. The molecule has 0 spiro atoms. The summed E-state index contributed by atoms with van der Waals surface area (Å²) in [7, 11) is -3.69. The summed E-state index contributed by atoms with van der Waals surface area (Å²) in [5.41, 5.74) is 3.09. The predicted molar refractivity (Wildman–Crippen MR) is 132 cm³/mol. The number of amides is 1. The number of likely N-dealkylation sites (N-methyl/N-ethyl adjacent to an activating group) is 1. The molecular formula is C25H33FN4O3S. The van der Waals surface area contributed by atoms with Gasteiger partial charge < -0.3 is 15.1 Å². The van der Waals surface area contributed by atoms with Gasteiger partial charge in [-0.15, -0.1) is 0 Å². The molecule has 0 radical (unpaired) electrons. The molecule has 0 atom stereocenters. The highest BCUT2D eigenvalue weighted by molar-refractivity contribution is 7.89. The van der Waals surface area contributed by atoms with Gasteiger partial charge in [-0.3, -0.25) is 4.79 Å². The molecule has 2 fully saturated rings. The third-order valence-corrected chi connectivity index (χ3v) is 8.81. The largest absolute Gasteiger partial charge is 0.369 e. The molecule has 0 aliphatic carbocycles. The molecule has 4 rings (SSSR count). The van der Waals surface area contributed by atoms with Gasteiger partial charge in [0.25, 0.3) is 0 Å². The van der Waals surface area contributed by atoms with Crippen LogP contribution >= 0.6 is 0 Å². The lowest BCUT2D eigenvalue weighted by Gasteiger charge is -2.36. The van der Waals surface area contributed by atoms with Crippen molar-refractivity contribution in [3.05, 3.63) is 53.8 Å². The molecule has 34 heavy (non-hydrogen) atoms. The average molecular weight is 489 g/mol. The lowest BCUT2D eigenvalue weighted by molar-refractivity contribution is -0.120.